The van der Waals surface area contributed by atoms with Gasteiger partial charge in [-0.3, -0.25) is 4.79 Å². The fraction of sp³-hybridized carbons (Fsp3) is 0.125. The molecule has 0 spiro atoms. The Morgan fingerprint density at radius 2 is 1.48 bits per heavy atom. The predicted octanol–water partition coefficient (Wildman–Crippen LogP) is 2.78. The largest absolute Gasteiger partial charge is 0.335 e. The molecule has 0 aliphatic carbocycles. The third-order valence-corrected chi connectivity index (χ3v) is 6.02. The average Bonchev–Trinajstić information content (AvgIpc) is 3.23. The summed E-state index contributed by atoms with van der Waals surface area (Å²) in [5.74, 6) is 0.309. The maximum absolute atomic E-state index is 13.1. The summed E-state index contributed by atoms with van der Waals surface area (Å²) in [5, 5.41) is 9.67. The van der Waals surface area contributed by atoms with Crippen molar-refractivity contribution in [2.75, 3.05) is 7.05 Å². The van der Waals surface area contributed by atoms with Crippen molar-refractivity contribution in [2.45, 2.75) is 17.9 Å². The van der Waals surface area contributed by atoms with E-state index in [0.717, 1.165) is 11.1 Å². The number of benzene rings is 3. The molecule has 168 valence electrons. The van der Waals surface area contributed by atoms with Gasteiger partial charge in [-0.05, 0) is 35.4 Å². The van der Waals surface area contributed by atoms with Crippen molar-refractivity contribution >= 4 is 15.9 Å². The first-order valence-electron chi connectivity index (χ1n) is 10.2. The van der Waals surface area contributed by atoms with Gasteiger partial charge < -0.3 is 4.90 Å². The molecular weight excluding hydrogens is 438 g/mol. The zero-order chi connectivity index (χ0) is 23.4. The molecule has 0 fully saturated rings. The second kappa shape index (κ2) is 9.35. The minimum atomic E-state index is -3.82. The Balaban J connectivity index is 1.68. The van der Waals surface area contributed by atoms with Crippen LogP contribution in [0.1, 0.15) is 27.6 Å². The molecule has 8 nitrogen and oxygen atoms in total. The van der Waals surface area contributed by atoms with Crippen molar-refractivity contribution in [1.82, 2.24) is 19.7 Å². The second-order valence-corrected chi connectivity index (χ2v) is 9.17. The number of primary sulfonamides is 1. The van der Waals surface area contributed by atoms with Crippen LogP contribution in [0.2, 0.25) is 0 Å². The van der Waals surface area contributed by atoms with Crippen LogP contribution in [0.15, 0.2) is 89.8 Å². The lowest BCUT2D eigenvalue weighted by Gasteiger charge is -2.15. The van der Waals surface area contributed by atoms with Crippen LogP contribution in [0.5, 0.6) is 0 Å². The Bertz CT molecular complexity index is 1350. The van der Waals surface area contributed by atoms with Crippen LogP contribution < -0.4 is 5.14 Å². The van der Waals surface area contributed by atoms with Crippen LogP contribution >= 0.6 is 0 Å². The van der Waals surface area contributed by atoms with Gasteiger partial charge in [0.05, 0.1) is 10.6 Å². The number of hydrogen-bond donors (Lipinski definition) is 1. The molecule has 0 unspecified atom stereocenters. The molecular formula is C24H23N5O3S. The Kier molecular flexibility index (Phi) is 6.34. The third-order valence-electron chi connectivity index (χ3n) is 5.09. The van der Waals surface area contributed by atoms with Crippen molar-refractivity contribution in [3.05, 3.63) is 108 Å². The van der Waals surface area contributed by atoms with E-state index in [1.165, 1.54) is 12.1 Å². The van der Waals surface area contributed by atoms with Crippen LogP contribution in [0.3, 0.4) is 0 Å². The van der Waals surface area contributed by atoms with E-state index in [2.05, 4.69) is 10.1 Å². The van der Waals surface area contributed by atoms with E-state index in [0.29, 0.717) is 24.5 Å². The van der Waals surface area contributed by atoms with Crippen molar-refractivity contribution in [3.8, 4) is 5.69 Å². The molecule has 4 rings (SSSR count). The molecule has 0 saturated heterocycles. The molecule has 0 aliphatic rings. The lowest BCUT2D eigenvalue weighted by atomic mass is 10.1. The smallest absolute Gasteiger partial charge is 0.293 e. The number of rotatable bonds is 7. The van der Waals surface area contributed by atoms with Crippen LogP contribution in [-0.4, -0.2) is 41.0 Å². The normalized spacial score (nSPS) is 11.3. The van der Waals surface area contributed by atoms with Crippen molar-refractivity contribution < 1.29 is 13.2 Å². The van der Waals surface area contributed by atoms with Gasteiger partial charge in [0.1, 0.15) is 5.82 Å². The number of nitrogens with two attached hydrogens (primary N) is 1. The first-order valence-corrected chi connectivity index (χ1v) is 11.8. The molecule has 2 N–H and O–H groups in total. The number of carbonyl (C=O) groups excluding carboxylic acids is 1. The molecule has 4 aromatic rings. The Labute approximate surface area is 192 Å². The van der Waals surface area contributed by atoms with Crippen molar-refractivity contribution in [2.24, 2.45) is 5.14 Å². The van der Waals surface area contributed by atoms with Crippen LogP contribution in [0.25, 0.3) is 5.69 Å². The maximum atomic E-state index is 13.1. The summed E-state index contributed by atoms with van der Waals surface area (Å²) < 4.78 is 24.8. The Morgan fingerprint density at radius 3 is 2.06 bits per heavy atom. The van der Waals surface area contributed by atoms with E-state index >= 15 is 0 Å². The Hall–Kier alpha value is -3.82. The van der Waals surface area contributed by atoms with Gasteiger partial charge >= 0.3 is 0 Å². The lowest BCUT2D eigenvalue weighted by Crippen LogP contribution is -2.27. The molecule has 9 heteroatoms. The van der Waals surface area contributed by atoms with E-state index in [9.17, 15) is 13.2 Å². The molecule has 1 amide bonds. The molecule has 3 aromatic carbocycles. The fourth-order valence-electron chi connectivity index (χ4n) is 3.41. The number of aromatic nitrogens is 3. The lowest BCUT2D eigenvalue weighted by molar-refractivity contribution is 0.0773. The maximum Gasteiger partial charge on any atom is 0.293 e. The number of carbonyl (C=O) groups is 1. The van der Waals surface area contributed by atoms with Crippen molar-refractivity contribution in [3.63, 3.8) is 0 Å². The minimum absolute atomic E-state index is 0.00475. The van der Waals surface area contributed by atoms with Gasteiger partial charge in [-0.1, -0.05) is 60.7 Å². The summed E-state index contributed by atoms with van der Waals surface area (Å²) in [6.07, 6.45) is 0.445. The zero-order valence-corrected chi connectivity index (χ0v) is 18.8. The highest BCUT2D eigenvalue weighted by Crippen LogP contribution is 2.17. The van der Waals surface area contributed by atoms with Gasteiger partial charge in [0.25, 0.3) is 5.91 Å². The van der Waals surface area contributed by atoms with Gasteiger partial charge in [0.2, 0.25) is 15.8 Å². The fourth-order valence-corrected chi connectivity index (χ4v) is 3.93. The summed E-state index contributed by atoms with van der Waals surface area (Å²) in [6.45, 7) is 0.422. The van der Waals surface area contributed by atoms with Crippen LogP contribution in [0.4, 0.5) is 0 Å². The topological polar surface area (TPSA) is 111 Å². The third kappa shape index (κ3) is 5.33. The predicted molar refractivity (Wildman–Crippen MR) is 124 cm³/mol. The molecule has 33 heavy (non-hydrogen) atoms. The van der Waals surface area contributed by atoms with Gasteiger partial charge in [-0.25, -0.2) is 23.2 Å². The molecule has 0 radical (unpaired) electrons. The monoisotopic (exact) mass is 461 g/mol. The highest BCUT2D eigenvalue weighted by Gasteiger charge is 2.21. The van der Waals surface area contributed by atoms with E-state index in [1.807, 2.05) is 60.7 Å². The minimum Gasteiger partial charge on any atom is -0.335 e. The van der Waals surface area contributed by atoms with Gasteiger partial charge in [0.15, 0.2) is 0 Å². The van der Waals surface area contributed by atoms with E-state index in [-0.39, 0.29) is 16.6 Å². The summed E-state index contributed by atoms with van der Waals surface area (Å²) in [6, 6.07) is 25.4. The van der Waals surface area contributed by atoms with Crippen LogP contribution in [-0.2, 0) is 23.0 Å². The van der Waals surface area contributed by atoms with E-state index in [4.69, 9.17) is 5.14 Å². The van der Waals surface area contributed by atoms with Crippen molar-refractivity contribution in [1.29, 1.82) is 0 Å². The average molecular weight is 462 g/mol. The molecule has 0 saturated carbocycles. The molecule has 1 aromatic heterocycles. The highest BCUT2D eigenvalue weighted by molar-refractivity contribution is 7.89. The number of nitrogens with zero attached hydrogens (tertiary/aromatic N) is 4. The highest BCUT2D eigenvalue weighted by atomic mass is 32.2. The van der Waals surface area contributed by atoms with Gasteiger partial charge in [-0.2, -0.15) is 0 Å². The first kappa shape index (κ1) is 22.4. The van der Waals surface area contributed by atoms with Gasteiger partial charge in [-0.15, -0.1) is 5.10 Å². The summed E-state index contributed by atoms with van der Waals surface area (Å²) >= 11 is 0. The summed E-state index contributed by atoms with van der Waals surface area (Å²) in [5.41, 5.74) is 2.57. The standard InChI is InChI=1S/C24H23N5O3S/c1-28(17-19-10-6-3-7-11-19)24(30)23-26-22(16-18-8-4-2-5-9-18)29(27-23)20-12-14-21(15-13-20)33(25,31)32/h2-15H,16-17H2,1H3,(H2,25,31,32). The molecule has 0 bridgehead atoms. The molecule has 0 aliphatic heterocycles. The van der Waals surface area contributed by atoms with Crippen LogP contribution in [0, 0.1) is 0 Å². The molecule has 0 atom stereocenters. The Morgan fingerprint density at radius 1 is 0.909 bits per heavy atom. The number of sulfonamides is 1. The zero-order valence-electron chi connectivity index (χ0n) is 18.0. The second-order valence-electron chi connectivity index (χ2n) is 7.61. The number of amides is 1. The van der Waals surface area contributed by atoms with E-state index < -0.39 is 10.0 Å². The summed E-state index contributed by atoms with van der Waals surface area (Å²) in [7, 11) is -2.11. The van der Waals surface area contributed by atoms with Gasteiger partial charge in [0, 0.05) is 20.0 Å². The molecule has 1 heterocycles. The SMILES string of the molecule is CN(Cc1ccccc1)C(=O)c1nc(Cc2ccccc2)n(-c2ccc(S(N)(=O)=O)cc2)n1. The van der Waals surface area contributed by atoms with E-state index in [1.54, 1.807) is 28.8 Å². The summed E-state index contributed by atoms with van der Waals surface area (Å²) in [4.78, 5) is 19.2. The first-order chi connectivity index (χ1) is 15.8. The quantitative estimate of drug-likeness (QED) is 0.455. The number of hydrogen-bond acceptors (Lipinski definition) is 5.